The van der Waals surface area contributed by atoms with E-state index in [9.17, 15) is 48.4 Å². The van der Waals surface area contributed by atoms with Crippen LogP contribution in [0.1, 0.15) is 38.3 Å². The first-order valence-corrected chi connectivity index (χ1v) is 13.4. The van der Waals surface area contributed by atoms with Crippen LogP contribution in [0, 0.1) is 23.5 Å². The molecular formula is C30H29F2N3O8. The average molecular weight is 598 g/mol. The molecular weight excluding hydrogens is 568 g/mol. The first kappa shape index (κ1) is 30.0. The molecule has 5 rings (SSSR count). The Morgan fingerprint density at radius 2 is 1.74 bits per heavy atom. The van der Waals surface area contributed by atoms with E-state index in [-0.39, 0.29) is 53.8 Å². The van der Waals surface area contributed by atoms with Crippen molar-refractivity contribution < 1.29 is 48.4 Å². The highest BCUT2D eigenvalue weighted by molar-refractivity contribution is 6.25. The van der Waals surface area contributed by atoms with Gasteiger partial charge in [-0.15, -0.1) is 0 Å². The number of amides is 1. The van der Waals surface area contributed by atoms with Crippen LogP contribution in [0.4, 0.5) is 8.78 Å². The molecule has 0 radical (unpaired) electrons. The van der Waals surface area contributed by atoms with Crippen molar-refractivity contribution in [2.45, 2.75) is 31.0 Å². The molecule has 0 spiro atoms. The second-order valence-corrected chi connectivity index (χ2v) is 11.2. The number of hydrogen-bond donors (Lipinski definition) is 6. The Balaban J connectivity index is 1.53. The number of allylic oxidation sites excluding steroid dienone is 1. The van der Waals surface area contributed by atoms with E-state index in [1.165, 1.54) is 31.1 Å². The molecule has 11 nitrogen and oxygen atoms in total. The topological polar surface area (TPSA) is 190 Å². The number of likely N-dealkylation sites (N-methyl/N-ethyl adjacent to an activating group) is 1. The quantitative estimate of drug-likeness (QED) is 0.201. The normalized spacial score (nSPS) is 25.0. The molecule has 3 aliphatic rings. The number of hydrogen-bond acceptors (Lipinski definition) is 10. The molecule has 7 N–H and O–H groups in total. The number of aliphatic hydroxyl groups excluding tert-OH is 2. The monoisotopic (exact) mass is 597 g/mol. The van der Waals surface area contributed by atoms with Crippen LogP contribution in [-0.2, 0) is 22.6 Å². The van der Waals surface area contributed by atoms with Crippen molar-refractivity contribution in [1.29, 1.82) is 0 Å². The molecule has 0 saturated heterocycles. The molecule has 0 fully saturated rings. The lowest BCUT2D eigenvalue weighted by Gasteiger charge is -2.50. The molecule has 0 heterocycles. The Morgan fingerprint density at radius 3 is 2.35 bits per heavy atom. The summed E-state index contributed by atoms with van der Waals surface area (Å²) in [6.45, 7) is -0.663. The van der Waals surface area contributed by atoms with Crippen LogP contribution in [-0.4, -0.2) is 80.9 Å². The maximum atomic E-state index is 14.0. The molecule has 1 amide bonds. The van der Waals surface area contributed by atoms with E-state index in [2.05, 4.69) is 5.32 Å². The van der Waals surface area contributed by atoms with Gasteiger partial charge in [0.25, 0.3) is 5.91 Å². The lowest BCUT2D eigenvalue weighted by molar-refractivity contribution is -0.148. The van der Waals surface area contributed by atoms with Gasteiger partial charge in [0, 0.05) is 29.2 Å². The molecule has 2 aromatic rings. The highest BCUT2D eigenvalue weighted by Gasteiger charge is 2.63. The first-order chi connectivity index (χ1) is 20.2. The lowest BCUT2D eigenvalue weighted by Crippen LogP contribution is -2.63. The summed E-state index contributed by atoms with van der Waals surface area (Å²) < 4.78 is 28.0. The van der Waals surface area contributed by atoms with Crippen molar-refractivity contribution in [1.82, 2.24) is 10.2 Å². The van der Waals surface area contributed by atoms with Gasteiger partial charge in [0.05, 0.1) is 18.2 Å². The van der Waals surface area contributed by atoms with Crippen LogP contribution >= 0.6 is 0 Å². The minimum Gasteiger partial charge on any atom is -0.510 e. The summed E-state index contributed by atoms with van der Waals surface area (Å²) in [5, 5.41) is 47.2. The molecule has 13 heteroatoms. The van der Waals surface area contributed by atoms with Gasteiger partial charge in [0.15, 0.2) is 17.2 Å². The number of phenolic OH excluding ortho intramolecular Hbond substituents is 1. The number of halogens is 2. The number of aliphatic hydroxyl groups is 3. The Bertz CT molecular complexity index is 1650. The number of rotatable bonds is 7. The number of fused-ring (bicyclic) bond motifs is 3. The van der Waals surface area contributed by atoms with E-state index >= 15 is 0 Å². The first-order valence-electron chi connectivity index (χ1n) is 13.4. The Kier molecular flexibility index (Phi) is 7.45. The zero-order valence-corrected chi connectivity index (χ0v) is 23.1. The second-order valence-electron chi connectivity index (χ2n) is 11.2. The van der Waals surface area contributed by atoms with Crippen molar-refractivity contribution in [3.63, 3.8) is 0 Å². The average Bonchev–Trinajstić information content (AvgIpc) is 2.92. The van der Waals surface area contributed by atoms with Gasteiger partial charge >= 0.3 is 0 Å². The van der Waals surface area contributed by atoms with Crippen molar-refractivity contribution in [3.8, 4) is 5.75 Å². The van der Waals surface area contributed by atoms with E-state index in [0.29, 0.717) is 0 Å². The third-order valence-electron chi connectivity index (χ3n) is 8.56. The van der Waals surface area contributed by atoms with Crippen molar-refractivity contribution in [3.05, 3.63) is 86.9 Å². The summed E-state index contributed by atoms with van der Waals surface area (Å²) >= 11 is 0. The van der Waals surface area contributed by atoms with Gasteiger partial charge in [0.2, 0.25) is 5.78 Å². The summed E-state index contributed by atoms with van der Waals surface area (Å²) in [4.78, 5) is 53.9. The van der Waals surface area contributed by atoms with E-state index in [0.717, 1.165) is 18.2 Å². The van der Waals surface area contributed by atoms with Gasteiger partial charge in [-0.2, -0.15) is 0 Å². The molecule has 2 aromatic carbocycles. The van der Waals surface area contributed by atoms with Crippen molar-refractivity contribution in [2.75, 3.05) is 20.6 Å². The zero-order chi connectivity index (χ0) is 31.5. The number of Topliss-reactive ketones (excluding diaryl/α,β-unsaturated/α-hetero) is 3. The van der Waals surface area contributed by atoms with E-state index < -0.39 is 81.2 Å². The lowest BCUT2D eigenvalue weighted by atomic mass is 9.58. The van der Waals surface area contributed by atoms with Crippen molar-refractivity contribution >= 4 is 23.3 Å². The van der Waals surface area contributed by atoms with Crippen LogP contribution in [0.5, 0.6) is 5.75 Å². The maximum absolute atomic E-state index is 14.0. The molecule has 4 atom stereocenters. The third kappa shape index (κ3) is 4.51. The van der Waals surface area contributed by atoms with E-state index in [1.807, 2.05) is 0 Å². The smallest absolute Gasteiger partial charge is 0.255 e. The van der Waals surface area contributed by atoms with Crippen LogP contribution in [0.15, 0.2) is 53.0 Å². The number of primary amides is 1. The predicted octanol–water partition coefficient (Wildman–Crippen LogP) is 1.37. The molecule has 0 aliphatic heterocycles. The molecule has 0 saturated carbocycles. The fourth-order valence-corrected chi connectivity index (χ4v) is 6.61. The van der Waals surface area contributed by atoms with Crippen LogP contribution < -0.4 is 11.1 Å². The van der Waals surface area contributed by atoms with E-state index in [1.54, 1.807) is 0 Å². The maximum Gasteiger partial charge on any atom is 0.255 e. The second kappa shape index (κ2) is 10.7. The van der Waals surface area contributed by atoms with Crippen molar-refractivity contribution in [2.24, 2.45) is 17.6 Å². The molecule has 3 aliphatic carbocycles. The number of nitrogens with one attached hydrogen (secondary N) is 1. The van der Waals surface area contributed by atoms with Gasteiger partial charge in [0.1, 0.15) is 34.5 Å². The van der Waals surface area contributed by atoms with Gasteiger partial charge in [-0.1, -0.05) is 6.07 Å². The number of phenols is 1. The molecule has 0 unspecified atom stereocenters. The number of carbonyl (C=O) groups is 4. The van der Waals surface area contributed by atoms with E-state index in [4.69, 9.17) is 5.73 Å². The van der Waals surface area contributed by atoms with Gasteiger partial charge < -0.3 is 31.5 Å². The Labute approximate surface area is 243 Å². The fraction of sp³-hybridized carbons (Fsp3) is 0.333. The van der Waals surface area contributed by atoms with Gasteiger partial charge in [-0.3, -0.25) is 24.1 Å². The molecule has 0 bridgehead atoms. The standard InChI is InChI=1S/C30H29F2N3O8/c1-35(2)24-16-9-12-8-14-13(20(37)11-34-10-15-17(31)4-3-5-18(15)32)6-7-19(36)22(14)25(38)21(12)27(40)30(16,43)28(41)23(26(24)39)29(33)42/h3-7,12,16,24,34,36,39-40,43H,8-11H2,1-2H3,(H2,33,42)/t12-,16-,24-,30-/m0/s1. The summed E-state index contributed by atoms with van der Waals surface area (Å²) in [6, 6.07) is 4.64. The predicted molar refractivity (Wildman–Crippen MR) is 146 cm³/mol. The minimum absolute atomic E-state index is 0.0460. The van der Waals surface area contributed by atoms with Gasteiger partial charge in [-0.05, 0) is 62.7 Å². The number of nitrogens with two attached hydrogens (primary N) is 1. The Morgan fingerprint density at radius 1 is 1.09 bits per heavy atom. The summed E-state index contributed by atoms with van der Waals surface area (Å²) in [6.07, 6.45) is -0.216. The highest BCUT2D eigenvalue weighted by Crippen LogP contribution is 2.52. The molecule has 43 heavy (non-hydrogen) atoms. The number of ketones is 3. The minimum atomic E-state index is -2.78. The van der Waals surface area contributed by atoms with Crippen LogP contribution in [0.2, 0.25) is 0 Å². The van der Waals surface area contributed by atoms with Crippen LogP contribution in [0.25, 0.3) is 0 Å². The molecule has 226 valence electrons. The summed E-state index contributed by atoms with van der Waals surface area (Å²) in [7, 11) is 3.03. The summed E-state index contributed by atoms with van der Waals surface area (Å²) in [5.41, 5.74) is 0.916. The third-order valence-corrected chi connectivity index (χ3v) is 8.56. The summed E-state index contributed by atoms with van der Waals surface area (Å²) in [5.74, 6) is -10.0. The molecule has 0 aromatic heterocycles. The van der Waals surface area contributed by atoms with Gasteiger partial charge in [-0.25, -0.2) is 8.78 Å². The largest absolute Gasteiger partial charge is 0.510 e. The number of nitrogens with zero attached hydrogens (tertiary/aromatic N) is 1. The Hall–Kier alpha value is -4.46. The number of benzene rings is 2. The van der Waals surface area contributed by atoms with Crippen LogP contribution in [0.3, 0.4) is 0 Å². The fourth-order valence-electron chi connectivity index (χ4n) is 6.61. The zero-order valence-electron chi connectivity index (χ0n) is 23.1. The number of aromatic hydroxyl groups is 1. The highest BCUT2D eigenvalue weighted by atomic mass is 19.1. The SMILES string of the molecule is CN(C)[C@@H]1C(O)=C(C(N)=O)C(=O)[C@@]2(O)C(O)=C3C(=O)c4c(O)ccc(C(=O)CNCc5c(F)cccc5F)c4C[C@H]3C[C@@H]12. The number of carbonyl (C=O) groups excluding carboxylic acids is 4.